The van der Waals surface area contributed by atoms with Crippen LogP contribution >= 0.6 is 0 Å². The first-order chi connectivity index (χ1) is 18.0. The standard InChI is InChI=1S/C15H14O.C12H12O2S.3C2H6/c16-15(11-13-7-3-1-4-8-13)12-14-9-5-2-6-10-14;1-2-15(13,14)12-8-7-10-5-3-4-6-11(10)9-12;3*1-2/h1-10H,11-12H2;3-9H,2H2,1H3;3*1-2H3. The Morgan fingerprint density at radius 1 is 0.568 bits per heavy atom. The van der Waals surface area contributed by atoms with Gasteiger partial charge in [-0.15, -0.1) is 0 Å². The average Bonchev–Trinajstić information content (AvgIpc) is 2.97. The molecule has 4 aromatic carbocycles. The van der Waals surface area contributed by atoms with Crippen LogP contribution in [0.25, 0.3) is 10.8 Å². The quantitative estimate of drug-likeness (QED) is 0.255. The summed E-state index contributed by atoms with van der Waals surface area (Å²) in [6.07, 6.45) is 1.05. The molecule has 37 heavy (non-hydrogen) atoms. The fraction of sp³-hybridized carbons (Fsp3) is 0.303. The first kappa shape index (κ1) is 33.8. The van der Waals surface area contributed by atoms with Crippen LogP contribution in [0.4, 0.5) is 0 Å². The predicted molar refractivity (Wildman–Crippen MR) is 161 cm³/mol. The van der Waals surface area contributed by atoms with Crippen molar-refractivity contribution < 1.29 is 13.2 Å². The van der Waals surface area contributed by atoms with E-state index in [2.05, 4.69) is 0 Å². The van der Waals surface area contributed by atoms with Crippen LogP contribution in [-0.2, 0) is 27.5 Å². The molecular formula is C33H44O3S. The molecule has 3 nitrogen and oxygen atoms in total. The van der Waals surface area contributed by atoms with E-state index in [4.69, 9.17) is 0 Å². The lowest BCUT2D eigenvalue weighted by Gasteiger charge is -2.03. The highest BCUT2D eigenvalue weighted by Crippen LogP contribution is 2.19. The molecule has 4 rings (SSSR count). The van der Waals surface area contributed by atoms with Crippen LogP contribution in [0.5, 0.6) is 0 Å². The minimum absolute atomic E-state index is 0.144. The van der Waals surface area contributed by atoms with Gasteiger partial charge < -0.3 is 0 Å². The third-order valence-corrected chi connectivity index (χ3v) is 6.68. The largest absolute Gasteiger partial charge is 0.299 e. The van der Waals surface area contributed by atoms with Crippen molar-refractivity contribution in [2.24, 2.45) is 0 Å². The lowest BCUT2D eigenvalue weighted by Crippen LogP contribution is -2.06. The van der Waals surface area contributed by atoms with Gasteiger partial charge in [-0.3, -0.25) is 4.79 Å². The summed E-state index contributed by atoms with van der Waals surface area (Å²) in [6, 6.07) is 32.7. The molecule has 0 aliphatic heterocycles. The Labute approximate surface area is 225 Å². The van der Waals surface area contributed by atoms with Crippen LogP contribution in [-0.4, -0.2) is 20.0 Å². The third-order valence-electron chi connectivity index (χ3n) is 4.95. The number of rotatable bonds is 6. The van der Waals surface area contributed by atoms with Crippen molar-refractivity contribution in [1.29, 1.82) is 0 Å². The zero-order valence-electron chi connectivity index (χ0n) is 23.6. The lowest BCUT2D eigenvalue weighted by molar-refractivity contribution is -0.117. The SMILES string of the molecule is CC.CC.CC.CCS(=O)(=O)c1ccc2ccccc2c1.O=C(Cc1ccccc1)Cc1ccccc1. The fourth-order valence-corrected chi connectivity index (χ4v) is 4.15. The van der Waals surface area contributed by atoms with Crippen LogP contribution in [0.15, 0.2) is 108 Å². The van der Waals surface area contributed by atoms with Gasteiger partial charge in [0.1, 0.15) is 5.78 Å². The molecule has 0 atom stereocenters. The van der Waals surface area contributed by atoms with Gasteiger partial charge in [0.05, 0.1) is 10.6 Å². The Balaban J connectivity index is 0.000000584. The summed E-state index contributed by atoms with van der Waals surface area (Å²) in [5.74, 6) is 0.406. The Kier molecular flexibility index (Phi) is 18.1. The van der Waals surface area contributed by atoms with E-state index in [0.29, 0.717) is 17.7 Å². The highest BCUT2D eigenvalue weighted by molar-refractivity contribution is 7.91. The topological polar surface area (TPSA) is 51.2 Å². The molecular weight excluding hydrogens is 476 g/mol. The summed E-state index contributed by atoms with van der Waals surface area (Å²) in [5.41, 5.74) is 2.17. The van der Waals surface area contributed by atoms with Crippen molar-refractivity contribution in [2.45, 2.75) is 66.2 Å². The number of benzene rings is 4. The second-order valence-corrected chi connectivity index (χ2v) is 9.55. The lowest BCUT2D eigenvalue weighted by atomic mass is 10.0. The molecule has 0 amide bonds. The smallest absolute Gasteiger partial charge is 0.178 e. The zero-order chi connectivity index (χ0) is 28.1. The van der Waals surface area contributed by atoms with Gasteiger partial charge in [-0.1, -0.05) is 139 Å². The number of Topliss-reactive ketones (excluding diaryl/α,β-unsaturated/α-hetero) is 1. The summed E-state index contributed by atoms with van der Waals surface area (Å²) >= 11 is 0. The van der Waals surface area contributed by atoms with E-state index in [1.54, 1.807) is 19.1 Å². The fourth-order valence-electron chi connectivity index (χ4n) is 3.24. The number of fused-ring (bicyclic) bond motifs is 1. The van der Waals surface area contributed by atoms with Crippen LogP contribution < -0.4 is 0 Å². The molecule has 0 unspecified atom stereocenters. The monoisotopic (exact) mass is 520 g/mol. The van der Waals surface area contributed by atoms with Gasteiger partial charge in [-0.25, -0.2) is 8.42 Å². The number of hydrogen-bond donors (Lipinski definition) is 0. The Morgan fingerprint density at radius 3 is 1.41 bits per heavy atom. The molecule has 4 heteroatoms. The number of carbonyl (C=O) groups excluding carboxylic acids is 1. The molecule has 0 heterocycles. The van der Waals surface area contributed by atoms with Crippen LogP contribution in [0.2, 0.25) is 0 Å². The van der Waals surface area contributed by atoms with E-state index in [0.717, 1.165) is 21.9 Å². The van der Waals surface area contributed by atoms with Gasteiger partial charge >= 0.3 is 0 Å². The van der Waals surface area contributed by atoms with E-state index in [1.807, 2.05) is 133 Å². The van der Waals surface area contributed by atoms with Gasteiger partial charge in [0.15, 0.2) is 9.84 Å². The van der Waals surface area contributed by atoms with E-state index in [-0.39, 0.29) is 11.5 Å². The highest BCUT2D eigenvalue weighted by Gasteiger charge is 2.11. The van der Waals surface area contributed by atoms with Gasteiger partial charge in [0.25, 0.3) is 0 Å². The molecule has 4 aromatic rings. The molecule has 0 spiro atoms. The molecule has 0 aliphatic carbocycles. The Morgan fingerprint density at radius 2 is 0.973 bits per heavy atom. The first-order valence-corrected chi connectivity index (χ1v) is 14.9. The normalized spacial score (nSPS) is 9.59. The number of hydrogen-bond acceptors (Lipinski definition) is 3. The van der Waals surface area contributed by atoms with Gasteiger partial charge in [0.2, 0.25) is 0 Å². The molecule has 200 valence electrons. The molecule has 0 N–H and O–H groups in total. The molecule has 0 radical (unpaired) electrons. The summed E-state index contributed by atoms with van der Waals surface area (Å²) in [5, 5.41) is 2.03. The summed E-state index contributed by atoms with van der Waals surface area (Å²) in [7, 11) is -3.09. The van der Waals surface area contributed by atoms with Gasteiger partial charge in [-0.2, -0.15) is 0 Å². The third kappa shape index (κ3) is 12.5. The second-order valence-electron chi connectivity index (χ2n) is 7.28. The van der Waals surface area contributed by atoms with Crippen LogP contribution in [0, 0.1) is 0 Å². The van der Waals surface area contributed by atoms with Crippen molar-refractivity contribution >= 4 is 26.4 Å². The maximum Gasteiger partial charge on any atom is 0.178 e. The molecule has 0 aromatic heterocycles. The molecule has 0 bridgehead atoms. The molecule has 0 saturated carbocycles. The summed E-state index contributed by atoms with van der Waals surface area (Å²) in [6.45, 7) is 13.7. The number of carbonyl (C=O) groups is 1. The first-order valence-electron chi connectivity index (χ1n) is 13.3. The van der Waals surface area contributed by atoms with Gasteiger partial charge in [-0.05, 0) is 34.0 Å². The van der Waals surface area contributed by atoms with Crippen LogP contribution in [0.1, 0.15) is 59.6 Å². The minimum atomic E-state index is -3.09. The second kappa shape index (κ2) is 19.9. The van der Waals surface area contributed by atoms with E-state index in [1.165, 1.54) is 0 Å². The van der Waals surface area contributed by atoms with Gasteiger partial charge in [0, 0.05) is 12.8 Å². The zero-order valence-corrected chi connectivity index (χ0v) is 24.4. The minimum Gasteiger partial charge on any atom is -0.299 e. The van der Waals surface area contributed by atoms with E-state index < -0.39 is 9.84 Å². The van der Waals surface area contributed by atoms with Crippen molar-refractivity contribution in [2.75, 3.05) is 5.75 Å². The van der Waals surface area contributed by atoms with Crippen LogP contribution in [0.3, 0.4) is 0 Å². The summed E-state index contributed by atoms with van der Waals surface area (Å²) in [4.78, 5) is 12.2. The summed E-state index contributed by atoms with van der Waals surface area (Å²) < 4.78 is 23.3. The number of ketones is 1. The maximum atomic E-state index is 11.8. The van der Waals surface area contributed by atoms with Crippen molar-refractivity contribution in [1.82, 2.24) is 0 Å². The van der Waals surface area contributed by atoms with Crippen molar-refractivity contribution in [3.8, 4) is 0 Å². The Bertz CT molecular complexity index is 1190. The van der Waals surface area contributed by atoms with Crippen molar-refractivity contribution in [3.05, 3.63) is 114 Å². The van der Waals surface area contributed by atoms with Crippen molar-refractivity contribution in [3.63, 3.8) is 0 Å². The predicted octanol–water partition coefficient (Wildman–Crippen LogP) is 8.75. The average molecular weight is 521 g/mol. The Hall–Kier alpha value is -3.24. The molecule has 0 fully saturated rings. The highest BCUT2D eigenvalue weighted by atomic mass is 32.2. The number of sulfone groups is 1. The van der Waals surface area contributed by atoms with E-state index >= 15 is 0 Å². The maximum absolute atomic E-state index is 11.8. The molecule has 0 saturated heterocycles. The van der Waals surface area contributed by atoms with E-state index in [9.17, 15) is 13.2 Å². The molecule has 0 aliphatic rings.